The van der Waals surface area contributed by atoms with E-state index in [9.17, 15) is 0 Å². The zero-order chi connectivity index (χ0) is 11.4. The molecule has 0 saturated carbocycles. The molecule has 0 aromatic heterocycles. The Balaban J connectivity index is 1.91. The summed E-state index contributed by atoms with van der Waals surface area (Å²) in [6.07, 6.45) is 2.20. The summed E-state index contributed by atoms with van der Waals surface area (Å²) >= 11 is 0. The van der Waals surface area contributed by atoms with E-state index < -0.39 is 0 Å². The van der Waals surface area contributed by atoms with Crippen molar-refractivity contribution in [2.24, 2.45) is 5.92 Å². The average molecular weight is 221 g/mol. The van der Waals surface area contributed by atoms with Crippen LogP contribution in [0.5, 0.6) is 5.75 Å². The van der Waals surface area contributed by atoms with Crippen LogP contribution in [0.1, 0.15) is 18.4 Å². The standard InChI is InChI=1S/C13H19NO2/c1-10-12(14)3-2-4-13(10)16-9-11-5-7-15-8-6-11/h2-4,11H,5-9,14H2,1H3. The minimum absolute atomic E-state index is 0.620. The van der Waals surface area contributed by atoms with Crippen LogP contribution in [0, 0.1) is 12.8 Å². The van der Waals surface area contributed by atoms with Gasteiger partial charge in [-0.25, -0.2) is 0 Å². The first-order valence-electron chi connectivity index (χ1n) is 5.83. The number of ether oxygens (including phenoxy) is 2. The Morgan fingerprint density at radius 3 is 2.88 bits per heavy atom. The molecular formula is C13H19NO2. The molecular weight excluding hydrogens is 202 g/mol. The van der Waals surface area contributed by atoms with Crippen LogP contribution in [-0.4, -0.2) is 19.8 Å². The molecule has 2 rings (SSSR count). The topological polar surface area (TPSA) is 44.5 Å². The summed E-state index contributed by atoms with van der Waals surface area (Å²) < 4.78 is 11.1. The van der Waals surface area contributed by atoms with E-state index in [4.69, 9.17) is 15.2 Å². The van der Waals surface area contributed by atoms with E-state index in [1.165, 1.54) is 0 Å². The quantitative estimate of drug-likeness (QED) is 0.797. The lowest BCUT2D eigenvalue weighted by Gasteiger charge is -2.22. The molecule has 1 saturated heterocycles. The van der Waals surface area contributed by atoms with Gasteiger partial charge in [-0.15, -0.1) is 0 Å². The first-order valence-corrected chi connectivity index (χ1v) is 5.83. The molecule has 16 heavy (non-hydrogen) atoms. The van der Waals surface area contributed by atoms with E-state index in [0.29, 0.717) is 5.92 Å². The van der Waals surface area contributed by atoms with Gasteiger partial charge in [0.25, 0.3) is 0 Å². The van der Waals surface area contributed by atoms with E-state index in [1.807, 2.05) is 25.1 Å². The third-order valence-electron chi connectivity index (χ3n) is 3.14. The van der Waals surface area contributed by atoms with Crippen LogP contribution >= 0.6 is 0 Å². The van der Waals surface area contributed by atoms with Gasteiger partial charge in [0.1, 0.15) is 5.75 Å². The molecule has 3 nitrogen and oxygen atoms in total. The summed E-state index contributed by atoms with van der Waals surface area (Å²) in [6, 6.07) is 5.81. The molecule has 0 aliphatic carbocycles. The molecule has 1 aliphatic heterocycles. The molecule has 0 radical (unpaired) electrons. The van der Waals surface area contributed by atoms with Gasteiger partial charge in [-0.2, -0.15) is 0 Å². The van der Waals surface area contributed by atoms with Gasteiger partial charge < -0.3 is 15.2 Å². The largest absolute Gasteiger partial charge is 0.493 e. The first-order chi connectivity index (χ1) is 7.77. The Morgan fingerprint density at radius 2 is 2.12 bits per heavy atom. The molecule has 0 atom stereocenters. The second-order valence-corrected chi connectivity index (χ2v) is 4.34. The summed E-state index contributed by atoms with van der Waals surface area (Å²) in [5.74, 6) is 1.53. The Bertz CT molecular complexity index is 346. The summed E-state index contributed by atoms with van der Waals surface area (Å²) in [5.41, 5.74) is 7.66. The molecule has 1 aliphatic rings. The highest BCUT2D eigenvalue weighted by Gasteiger charge is 2.14. The third-order valence-corrected chi connectivity index (χ3v) is 3.14. The fraction of sp³-hybridized carbons (Fsp3) is 0.538. The van der Waals surface area contributed by atoms with Gasteiger partial charge >= 0.3 is 0 Å². The number of hydrogen-bond acceptors (Lipinski definition) is 3. The monoisotopic (exact) mass is 221 g/mol. The normalized spacial score (nSPS) is 17.3. The average Bonchev–Trinajstić information content (AvgIpc) is 2.32. The second kappa shape index (κ2) is 5.21. The predicted octanol–water partition coefficient (Wildman–Crippen LogP) is 2.38. The van der Waals surface area contributed by atoms with Crippen LogP contribution in [0.2, 0.25) is 0 Å². The molecule has 88 valence electrons. The highest BCUT2D eigenvalue weighted by molar-refractivity contribution is 5.53. The number of anilines is 1. The number of benzene rings is 1. The molecule has 1 heterocycles. The minimum atomic E-state index is 0.620. The maximum Gasteiger partial charge on any atom is 0.124 e. The highest BCUT2D eigenvalue weighted by Crippen LogP contribution is 2.24. The number of hydrogen-bond donors (Lipinski definition) is 1. The van der Waals surface area contributed by atoms with Gasteiger partial charge in [-0.1, -0.05) is 6.07 Å². The van der Waals surface area contributed by atoms with Gasteiger partial charge in [-0.3, -0.25) is 0 Å². The second-order valence-electron chi connectivity index (χ2n) is 4.34. The van der Waals surface area contributed by atoms with Crippen molar-refractivity contribution in [1.29, 1.82) is 0 Å². The first kappa shape index (κ1) is 11.3. The van der Waals surface area contributed by atoms with E-state index >= 15 is 0 Å². The maximum atomic E-state index is 5.83. The molecule has 1 fully saturated rings. The number of nitrogen functional groups attached to an aromatic ring is 1. The summed E-state index contributed by atoms with van der Waals surface area (Å²) in [5, 5.41) is 0. The molecule has 0 bridgehead atoms. The molecule has 0 unspecified atom stereocenters. The van der Waals surface area contributed by atoms with Crippen molar-refractivity contribution in [1.82, 2.24) is 0 Å². The fourth-order valence-electron chi connectivity index (χ4n) is 1.91. The molecule has 1 aromatic rings. The van der Waals surface area contributed by atoms with Crippen LogP contribution in [0.4, 0.5) is 5.69 Å². The molecule has 0 amide bonds. The van der Waals surface area contributed by atoms with Crippen molar-refractivity contribution >= 4 is 5.69 Å². The van der Waals surface area contributed by atoms with Crippen molar-refractivity contribution < 1.29 is 9.47 Å². The third kappa shape index (κ3) is 2.67. The molecule has 3 heteroatoms. The van der Waals surface area contributed by atoms with Crippen molar-refractivity contribution in [3.63, 3.8) is 0 Å². The smallest absolute Gasteiger partial charge is 0.124 e. The van der Waals surface area contributed by atoms with E-state index in [1.54, 1.807) is 0 Å². The zero-order valence-electron chi connectivity index (χ0n) is 9.74. The Kier molecular flexibility index (Phi) is 3.67. The minimum Gasteiger partial charge on any atom is -0.493 e. The van der Waals surface area contributed by atoms with Crippen molar-refractivity contribution in [3.05, 3.63) is 23.8 Å². The van der Waals surface area contributed by atoms with Gasteiger partial charge in [-0.05, 0) is 37.8 Å². The Labute approximate surface area is 96.5 Å². The molecule has 1 aromatic carbocycles. The van der Waals surface area contributed by atoms with Gasteiger partial charge in [0.2, 0.25) is 0 Å². The van der Waals surface area contributed by atoms with Gasteiger partial charge in [0.05, 0.1) is 6.61 Å². The SMILES string of the molecule is Cc1c(N)cccc1OCC1CCOCC1. The van der Waals surface area contributed by atoms with Crippen LogP contribution in [0.3, 0.4) is 0 Å². The summed E-state index contributed by atoms with van der Waals surface area (Å²) in [7, 11) is 0. The van der Waals surface area contributed by atoms with E-state index in [0.717, 1.165) is 49.7 Å². The Hall–Kier alpha value is -1.22. The lowest BCUT2D eigenvalue weighted by Crippen LogP contribution is -2.21. The maximum absolute atomic E-state index is 5.83. The zero-order valence-corrected chi connectivity index (χ0v) is 9.74. The van der Waals surface area contributed by atoms with Crippen molar-refractivity contribution in [2.75, 3.05) is 25.6 Å². The molecule has 2 N–H and O–H groups in total. The van der Waals surface area contributed by atoms with Crippen LogP contribution in [0.15, 0.2) is 18.2 Å². The van der Waals surface area contributed by atoms with E-state index in [2.05, 4.69) is 0 Å². The highest BCUT2D eigenvalue weighted by atomic mass is 16.5. The van der Waals surface area contributed by atoms with Gasteiger partial charge in [0, 0.05) is 24.5 Å². The summed E-state index contributed by atoms with van der Waals surface area (Å²) in [6.45, 7) is 4.50. The van der Waals surface area contributed by atoms with Crippen molar-refractivity contribution in [2.45, 2.75) is 19.8 Å². The van der Waals surface area contributed by atoms with Gasteiger partial charge in [0.15, 0.2) is 0 Å². The predicted molar refractivity (Wildman–Crippen MR) is 64.6 cm³/mol. The van der Waals surface area contributed by atoms with Crippen LogP contribution in [0.25, 0.3) is 0 Å². The Morgan fingerprint density at radius 1 is 1.38 bits per heavy atom. The fourth-order valence-corrected chi connectivity index (χ4v) is 1.91. The lowest BCUT2D eigenvalue weighted by atomic mass is 10.0. The van der Waals surface area contributed by atoms with Crippen LogP contribution < -0.4 is 10.5 Å². The van der Waals surface area contributed by atoms with Crippen LogP contribution in [-0.2, 0) is 4.74 Å². The lowest BCUT2D eigenvalue weighted by molar-refractivity contribution is 0.0497. The van der Waals surface area contributed by atoms with E-state index in [-0.39, 0.29) is 0 Å². The number of rotatable bonds is 3. The molecule has 0 spiro atoms. The van der Waals surface area contributed by atoms with Crippen molar-refractivity contribution in [3.8, 4) is 5.75 Å². The summed E-state index contributed by atoms with van der Waals surface area (Å²) in [4.78, 5) is 0. The number of nitrogens with two attached hydrogens (primary N) is 1.